The smallest absolute Gasteiger partial charge is 0.177 e. The molecular formula is C28H50OSi2. The number of hydrogen-bond acceptors (Lipinski definition) is 1. The topological polar surface area (TPSA) is 9.23 Å². The molecular weight excluding hydrogens is 408 g/mol. The Morgan fingerprint density at radius 2 is 0.935 bits per heavy atom. The molecule has 2 rings (SSSR count). The van der Waals surface area contributed by atoms with Gasteiger partial charge in [-0.15, -0.1) is 0 Å². The maximum Gasteiger partial charge on any atom is 0.177 e. The van der Waals surface area contributed by atoms with Gasteiger partial charge < -0.3 is 4.12 Å². The highest BCUT2D eigenvalue weighted by Gasteiger charge is 2.35. The fourth-order valence-electron chi connectivity index (χ4n) is 5.61. The van der Waals surface area contributed by atoms with Crippen LogP contribution in [0.5, 0.6) is 0 Å². The van der Waals surface area contributed by atoms with E-state index < -0.39 is 16.6 Å². The molecule has 3 heteroatoms. The Balaban J connectivity index is 2.07. The van der Waals surface area contributed by atoms with Crippen molar-refractivity contribution in [3.05, 3.63) is 46.6 Å². The van der Waals surface area contributed by atoms with Gasteiger partial charge in [-0.3, -0.25) is 0 Å². The summed E-state index contributed by atoms with van der Waals surface area (Å²) in [7, 11) is -3.42. The Morgan fingerprint density at radius 1 is 0.581 bits per heavy atom. The minimum Gasteiger partial charge on any atom is -0.455 e. The van der Waals surface area contributed by atoms with Crippen molar-refractivity contribution in [2.45, 2.75) is 129 Å². The third kappa shape index (κ3) is 9.79. The molecule has 0 spiro atoms. The molecule has 0 saturated carbocycles. The van der Waals surface area contributed by atoms with Crippen LogP contribution < -0.4 is 0 Å². The monoisotopic (exact) mass is 458 g/mol. The van der Waals surface area contributed by atoms with Crippen LogP contribution in [0.3, 0.4) is 0 Å². The van der Waals surface area contributed by atoms with Gasteiger partial charge in [-0.1, -0.05) is 60.4 Å². The molecule has 0 amide bonds. The molecule has 0 saturated heterocycles. The lowest BCUT2D eigenvalue weighted by Gasteiger charge is -2.37. The molecule has 0 atom stereocenters. The molecule has 176 valence electrons. The quantitative estimate of drug-likeness (QED) is 0.209. The standard InChI is InChI=1S/C28H50OSi2/c1-7-9-11-17-25-19-13-15-21-27(25)23-30(3,4)29-31(5,6)24-28-22-16-14-20-26(28)18-12-10-8-2/h9-12H,7-8,13-24H2,1-6H3/b11-9+,12-10+. The van der Waals surface area contributed by atoms with E-state index in [1.165, 1.54) is 76.3 Å². The third-order valence-corrected chi connectivity index (χ3v) is 13.8. The summed E-state index contributed by atoms with van der Waals surface area (Å²) >= 11 is 0. The van der Waals surface area contributed by atoms with Gasteiger partial charge >= 0.3 is 0 Å². The number of hydrogen-bond donors (Lipinski definition) is 0. The zero-order chi connectivity index (χ0) is 22.7. The van der Waals surface area contributed by atoms with Crippen LogP contribution in [0.4, 0.5) is 0 Å². The molecule has 0 aliphatic heterocycles. The highest BCUT2D eigenvalue weighted by molar-refractivity contribution is 6.85. The normalized spacial score (nSPS) is 19.3. The van der Waals surface area contributed by atoms with Crippen molar-refractivity contribution in [1.82, 2.24) is 0 Å². The second-order valence-corrected chi connectivity index (χ2v) is 19.5. The van der Waals surface area contributed by atoms with E-state index in [1.807, 2.05) is 0 Å². The average molecular weight is 459 g/mol. The fourth-order valence-corrected chi connectivity index (χ4v) is 15.1. The Labute approximate surface area is 196 Å². The van der Waals surface area contributed by atoms with Crippen molar-refractivity contribution in [3.63, 3.8) is 0 Å². The highest BCUT2D eigenvalue weighted by atomic mass is 28.4. The molecule has 0 N–H and O–H groups in total. The zero-order valence-electron chi connectivity index (χ0n) is 21.6. The van der Waals surface area contributed by atoms with Crippen LogP contribution in [0.25, 0.3) is 0 Å². The van der Waals surface area contributed by atoms with Gasteiger partial charge in [0.15, 0.2) is 16.6 Å². The Hall–Kier alpha value is -0.646. The molecule has 0 aromatic rings. The van der Waals surface area contributed by atoms with E-state index in [0.717, 1.165) is 12.8 Å². The van der Waals surface area contributed by atoms with Crippen molar-refractivity contribution < 1.29 is 4.12 Å². The van der Waals surface area contributed by atoms with Gasteiger partial charge in [-0.05, 0) is 115 Å². The summed E-state index contributed by atoms with van der Waals surface area (Å²) in [6, 6.07) is 2.51. The van der Waals surface area contributed by atoms with E-state index in [2.05, 4.69) is 64.3 Å². The van der Waals surface area contributed by atoms with Crippen molar-refractivity contribution in [2.24, 2.45) is 0 Å². The summed E-state index contributed by atoms with van der Waals surface area (Å²) in [5.74, 6) is 0. The largest absolute Gasteiger partial charge is 0.455 e. The van der Waals surface area contributed by atoms with E-state index in [9.17, 15) is 0 Å². The molecule has 0 aromatic heterocycles. The Kier molecular flexibility index (Phi) is 11.3. The van der Waals surface area contributed by atoms with Crippen molar-refractivity contribution in [2.75, 3.05) is 0 Å². The van der Waals surface area contributed by atoms with Gasteiger partial charge in [0, 0.05) is 0 Å². The molecule has 2 aliphatic carbocycles. The van der Waals surface area contributed by atoms with Gasteiger partial charge in [0.25, 0.3) is 0 Å². The van der Waals surface area contributed by atoms with Crippen LogP contribution in [-0.2, 0) is 4.12 Å². The second-order valence-electron chi connectivity index (χ2n) is 11.0. The lowest BCUT2D eigenvalue weighted by molar-refractivity contribution is 0.536. The molecule has 31 heavy (non-hydrogen) atoms. The molecule has 2 aliphatic rings. The minimum atomic E-state index is -1.71. The fraction of sp³-hybridized carbons (Fsp3) is 0.714. The molecule has 0 aromatic carbocycles. The van der Waals surface area contributed by atoms with E-state index in [0.29, 0.717) is 0 Å². The number of allylic oxidation sites excluding steroid dienone is 8. The number of rotatable bonds is 12. The van der Waals surface area contributed by atoms with Gasteiger partial charge in [-0.2, -0.15) is 0 Å². The molecule has 0 heterocycles. The molecule has 1 nitrogen and oxygen atoms in total. The minimum absolute atomic E-state index is 1.15. The Morgan fingerprint density at radius 3 is 1.29 bits per heavy atom. The van der Waals surface area contributed by atoms with Gasteiger partial charge in [0.05, 0.1) is 0 Å². The lowest BCUT2D eigenvalue weighted by atomic mass is 9.90. The summed E-state index contributed by atoms with van der Waals surface area (Å²) in [5.41, 5.74) is 6.99. The van der Waals surface area contributed by atoms with E-state index in [-0.39, 0.29) is 0 Å². The summed E-state index contributed by atoms with van der Waals surface area (Å²) < 4.78 is 7.15. The second kappa shape index (κ2) is 13.2. The van der Waals surface area contributed by atoms with Crippen LogP contribution in [0.15, 0.2) is 46.6 Å². The zero-order valence-corrected chi connectivity index (χ0v) is 23.6. The van der Waals surface area contributed by atoms with E-state index in [1.54, 1.807) is 22.3 Å². The first-order valence-electron chi connectivity index (χ1n) is 13.2. The van der Waals surface area contributed by atoms with Crippen LogP contribution in [-0.4, -0.2) is 16.6 Å². The maximum absolute atomic E-state index is 7.15. The molecule has 0 radical (unpaired) electrons. The summed E-state index contributed by atoms with van der Waals surface area (Å²) in [6.07, 6.45) is 24.9. The van der Waals surface area contributed by atoms with Gasteiger partial charge in [-0.25, -0.2) is 0 Å². The van der Waals surface area contributed by atoms with Crippen molar-refractivity contribution in [1.29, 1.82) is 0 Å². The first-order valence-corrected chi connectivity index (χ1v) is 19.4. The maximum atomic E-state index is 7.15. The van der Waals surface area contributed by atoms with Crippen LogP contribution in [0, 0.1) is 0 Å². The van der Waals surface area contributed by atoms with Crippen molar-refractivity contribution >= 4 is 16.6 Å². The average Bonchev–Trinajstić information content (AvgIpc) is 2.69. The molecule has 0 fully saturated rings. The summed E-state index contributed by atoms with van der Waals surface area (Å²) in [6.45, 7) is 14.4. The summed E-state index contributed by atoms with van der Waals surface area (Å²) in [4.78, 5) is 0. The first-order chi connectivity index (χ1) is 14.8. The SMILES string of the molecule is CC/C=C/CC1=C(C[Si](C)(C)O[Si](C)(C)CC2=C(C/C=C/CC)CCCC2)CCCC1. The third-order valence-electron chi connectivity index (χ3n) is 6.78. The van der Waals surface area contributed by atoms with Crippen LogP contribution in [0.2, 0.25) is 38.3 Å². The lowest BCUT2D eigenvalue weighted by Crippen LogP contribution is -2.45. The predicted molar refractivity (Wildman–Crippen MR) is 145 cm³/mol. The molecule has 0 bridgehead atoms. The van der Waals surface area contributed by atoms with Crippen LogP contribution >= 0.6 is 0 Å². The van der Waals surface area contributed by atoms with E-state index >= 15 is 0 Å². The highest BCUT2D eigenvalue weighted by Crippen LogP contribution is 2.37. The van der Waals surface area contributed by atoms with Gasteiger partial charge in [0.2, 0.25) is 0 Å². The van der Waals surface area contributed by atoms with Crippen LogP contribution in [0.1, 0.15) is 90.9 Å². The Bertz CT molecular complexity index is 621. The first kappa shape index (κ1) is 26.6. The molecule has 0 unspecified atom stereocenters. The summed E-state index contributed by atoms with van der Waals surface area (Å²) in [5, 5.41) is 0. The van der Waals surface area contributed by atoms with Crippen molar-refractivity contribution in [3.8, 4) is 0 Å². The van der Waals surface area contributed by atoms with E-state index in [4.69, 9.17) is 4.12 Å². The van der Waals surface area contributed by atoms with Gasteiger partial charge in [0.1, 0.15) is 0 Å². The predicted octanol–water partition coefficient (Wildman–Crippen LogP) is 9.87.